The predicted octanol–water partition coefficient (Wildman–Crippen LogP) is 20.6. The van der Waals surface area contributed by atoms with Crippen LogP contribution in [0.2, 0.25) is 0 Å². The highest BCUT2D eigenvalue weighted by Crippen LogP contribution is 2.68. The molecule has 7 atom stereocenters. The summed E-state index contributed by atoms with van der Waals surface area (Å²) in [4.78, 5) is 86.1. The molecule has 140 heavy (non-hydrogen) atoms. The predicted molar refractivity (Wildman–Crippen MR) is 552 cm³/mol. The van der Waals surface area contributed by atoms with Crippen LogP contribution in [0.25, 0.3) is 0 Å². The summed E-state index contributed by atoms with van der Waals surface area (Å²) in [5.74, 6) is 5.26. The van der Waals surface area contributed by atoms with E-state index in [9.17, 15) is 19.2 Å². The Balaban J connectivity index is 0.000000111. The van der Waals surface area contributed by atoms with Gasteiger partial charge in [-0.1, -0.05) is 245 Å². The maximum atomic E-state index is 14.6. The molecule has 4 heterocycles. The van der Waals surface area contributed by atoms with Crippen molar-refractivity contribution in [1.29, 1.82) is 0 Å². The number of benzene rings is 8. The summed E-state index contributed by atoms with van der Waals surface area (Å²) in [6, 6.07) is 67.8. The monoisotopic (exact) mass is 1890 g/mol. The number of nitrogens with zero attached hydrogens (tertiary/aromatic N) is 8. The molecule has 8 saturated carbocycles. The summed E-state index contributed by atoms with van der Waals surface area (Å²) in [7, 11) is 7.20. The van der Waals surface area contributed by atoms with E-state index in [2.05, 4.69) is 142 Å². The van der Waals surface area contributed by atoms with Crippen LogP contribution in [-0.4, -0.2) is 126 Å². The molecule has 736 valence electrons. The van der Waals surface area contributed by atoms with Crippen molar-refractivity contribution in [2.75, 3.05) is 35.0 Å². The number of methoxy groups -OCH3 is 4. The lowest BCUT2D eigenvalue weighted by Crippen LogP contribution is -2.52. The minimum atomic E-state index is -0.927. The van der Waals surface area contributed by atoms with Crippen molar-refractivity contribution in [3.05, 3.63) is 283 Å². The van der Waals surface area contributed by atoms with E-state index >= 15 is 0 Å². The van der Waals surface area contributed by atoms with E-state index in [4.69, 9.17) is 61.9 Å². The Bertz CT molecular complexity index is 5600. The molecule has 24 rings (SSSR count). The van der Waals surface area contributed by atoms with Gasteiger partial charge in [-0.25, -0.2) is 20.0 Å². The molecule has 0 radical (unpaired) electrons. The third-order valence-electron chi connectivity index (χ3n) is 37.2. The van der Waals surface area contributed by atoms with E-state index < -0.39 is 22.2 Å². The number of carbonyl (C=O) groups excluding carboxylic acids is 4. The molecule has 2 unspecified atom stereocenters. The van der Waals surface area contributed by atoms with E-state index in [0.717, 1.165) is 223 Å². The molecule has 0 aromatic heterocycles. The van der Waals surface area contributed by atoms with Crippen LogP contribution in [0.4, 0.5) is 0 Å². The van der Waals surface area contributed by atoms with Crippen LogP contribution in [0.1, 0.15) is 308 Å². The maximum Gasteiger partial charge on any atom is 0.263 e. The normalized spacial score (nSPS) is 30.4. The van der Waals surface area contributed by atoms with Gasteiger partial charge in [0.2, 0.25) is 0 Å². The van der Waals surface area contributed by atoms with Gasteiger partial charge in [0.1, 0.15) is 0 Å². The van der Waals surface area contributed by atoms with Crippen LogP contribution in [0, 0.1) is 45.3 Å². The molecular formula is C120H148N12O8. The summed E-state index contributed by atoms with van der Waals surface area (Å²) in [5.41, 5.74) is 41.2. The minimum Gasteiger partial charge on any atom is -0.381 e. The second kappa shape index (κ2) is 38.6. The SMILES string of the molecule is COC1CCC2(CC1)Cc1ccc(CCC3CC3)cc1C21N=C(N)N(CCc2ccccc2)C1=O.COC1CCC2(CC1)Cc1ccc(CCC3CC3)cc1C21N=C(N)N([C@H](C)c2ccccc2)C1=O.COC1CCC2(CC1)Cc1ccc(CCC3CC3)cc1[C@@]21N=C(N)N([C@@H](C)c2ccccc2)C1=O.COC1CCC2(CC1)Cc1ccc(CCC3CC3)cc1[C@]21N=C(N)N([C@@H](C)c2ccccc2)C1=O. The average Bonchev–Trinajstić information content (AvgIpc) is 1.54. The zero-order valence-electron chi connectivity index (χ0n) is 83.8. The summed E-state index contributed by atoms with van der Waals surface area (Å²) in [6.07, 6.45) is 40.7. The van der Waals surface area contributed by atoms with Crippen LogP contribution < -0.4 is 22.9 Å². The topological polar surface area (TPSA) is 272 Å². The lowest BCUT2D eigenvalue weighted by molar-refractivity contribution is -0.140. The van der Waals surface area contributed by atoms with Crippen molar-refractivity contribution in [2.24, 2.45) is 88.2 Å². The molecule has 20 nitrogen and oxygen atoms in total. The van der Waals surface area contributed by atoms with Crippen molar-refractivity contribution in [2.45, 2.75) is 323 Å². The number of amides is 4. The van der Waals surface area contributed by atoms with Crippen molar-refractivity contribution in [3.63, 3.8) is 0 Å². The van der Waals surface area contributed by atoms with E-state index in [1.54, 1.807) is 48.0 Å². The Morgan fingerprint density at radius 3 is 0.771 bits per heavy atom. The second-order valence-corrected chi connectivity index (χ2v) is 45.2. The van der Waals surface area contributed by atoms with Crippen LogP contribution >= 0.6 is 0 Å². The van der Waals surface area contributed by atoms with Crippen molar-refractivity contribution >= 4 is 47.5 Å². The van der Waals surface area contributed by atoms with Crippen LogP contribution in [-0.2, 0) is 118 Å². The van der Waals surface area contributed by atoms with Gasteiger partial charge >= 0.3 is 0 Å². The van der Waals surface area contributed by atoms with Crippen LogP contribution in [0.5, 0.6) is 0 Å². The molecule has 12 aliphatic carbocycles. The number of rotatable bonds is 25. The number of guanidine groups is 4. The van der Waals surface area contributed by atoms with Gasteiger partial charge in [0, 0.05) is 56.6 Å². The van der Waals surface area contributed by atoms with Gasteiger partial charge in [0.25, 0.3) is 23.6 Å². The summed E-state index contributed by atoms with van der Waals surface area (Å²) < 4.78 is 22.8. The van der Waals surface area contributed by atoms with Gasteiger partial charge < -0.3 is 41.9 Å². The number of aliphatic imine (C=N–C) groups is 4. The first kappa shape index (κ1) is 95.5. The highest BCUT2D eigenvalue weighted by molar-refractivity contribution is 6.12. The minimum absolute atomic E-state index is 0.0558. The zero-order chi connectivity index (χ0) is 96.7. The Labute approximate surface area is 829 Å². The highest BCUT2D eigenvalue weighted by atomic mass is 16.5. The quantitative estimate of drug-likeness (QED) is 0.0416. The van der Waals surface area contributed by atoms with Crippen LogP contribution in [0.3, 0.4) is 0 Å². The zero-order valence-corrected chi connectivity index (χ0v) is 83.8. The van der Waals surface area contributed by atoms with Crippen molar-refractivity contribution < 1.29 is 38.1 Å². The lowest BCUT2D eigenvalue weighted by atomic mass is 9.61. The first-order valence-electron chi connectivity index (χ1n) is 53.5. The molecule has 0 saturated heterocycles. The molecule has 16 aliphatic rings. The number of carbonyl (C=O) groups is 4. The first-order chi connectivity index (χ1) is 68.0. The third-order valence-corrected chi connectivity index (χ3v) is 37.2. The molecule has 8 fully saturated rings. The molecule has 4 amide bonds. The van der Waals surface area contributed by atoms with Gasteiger partial charge in [0.15, 0.2) is 46.0 Å². The fourth-order valence-corrected chi connectivity index (χ4v) is 28.2. The number of nitrogens with two attached hydrogens (primary N) is 4. The molecule has 4 aliphatic heterocycles. The molecule has 8 spiro atoms. The molecule has 8 N–H and O–H groups in total. The van der Waals surface area contributed by atoms with Gasteiger partial charge in [0.05, 0.1) is 42.5 Å². The fourth-order valence-electron chi connectivity index (χ4n) is 28.2. The molecule has 8 aromatic carbocycles. The standard InChI is InChI=1S/4C30H37N3O2/c3*1-20(23-6-4-3-5-7-23)33-27(34)30(32-28(33)31)26-18-22(11-10-21-8-9-21)12-13-24(26)19-29(30)16-14-25(35-2)15-17-29;1-35-25-13-16-29(17-14-25)20-24-12-11-23(10-9-22-7-8-22)19-26(24)30(29)27(34)33(28(31)32-30)18-15-21-5-3-2-4-6-21/h3*3-7,12-13,18,20-21,25H,8-11,14-17,19H2,1-2H3,(H2,31,32);2-6,11-12,19,22,25H,7-10,13-18,20H2,1H3,(H2,31,32)/t20-,25?,29?,30?;20-,25?,29?,30+;20-,25?,29?,30-;/m100./s1. The summed E-state index contributed by atoms with van der Waals surface area (Å²) in [6.45, 7) is 6.74. The molecule has 0 bridgehead atoms. The van der Waals surface area contributed by atoms with Gasteiger partial charge in [-0.15, -0.1) is 0 Å². The highest BCUT2D eigenvalue weighted by Gasteiger charge is 2.72. The second-order valence-electron chi connectivity index (χ2n) is 45.2. The number of fused-ring (bicyclic) bond motifs is 12. The Hall–Kier alpha value is -10.6. The van der Waals surface area contributed by atoms with Gasteiger partial charge in [-0.3, -0.25) is 38.8 Å². The summed E-state index contributed by atoms with van der Waals surface area (Å²) >= 11 is 0. The number of hydrogen-bond donors (Lipinski definition) is 4. The molecule has 8 aromatic rings. The number of aryl methyl sites for hydroxylation is 4. The number of ether oxygens (including phenoxy) is 4. The Morgan fingerprint density at radius 2 is 0.529 bits per heavy atom. The smallest absolute Gasteiger partial charge is 0.263 e. The summed E-state index contributed by atoms with van der Waals surface area (Å²) in [5, 5.41) is 0. The van der Waals surface area contributed by atoms with E-state index in [-0.39, 0.29) is 87.8 Å². The fraction of sp³-hybridized carbons (Fsp3) is 0.533. The first-order valence-corrected chi connectivity index (χ1v) is 53.5. The van der Waals surface area contributed by atoms with Gasteiger partial charge in [-0.05, 0) is 320 Å². The van der Waals surface area contributed by atoms with Crippen molar-refractivity contribution in [1.82, 2.24) is 19.6 Å². The molecular weight excluding hydrogens is 1740 g/mol. The van der Waals surface area contributed by atoms with E-state index in [0.29, 0.717) is 30.4 Å². The molecule has 20 heteroatoms. The Morgan fingerprint density at radius 1 is 0.293 bits per heavy atom. The van der Waals surface area contributed by atoms with Crippen molar-refractivity contribution in [3.8, 4) is 0 Å². The largest absolute Gasteiger partial charge is 0.381 e. The number of hydrogen-bond acceptors (Lipinski definition) is 16. The van der Waals surface area contributed by atoms with E-state index in [1.165, 1.54) is 127 Å². The van der Waals surface area contributed by atoms with Gasteiger partial charge in [-0.2, -0.15) is 0 Å². The lowest BCUT2D eigenvalue weighted by Gasteiger charge is -2.45. The third kappa shape index (κ3) is 17.0. The Kier molecular flexibility index (Phi) is 26.3. The van der Waals surface area contributed by atoms with Crippen LogP contribution in [0.15, 0.2) is 214 Å². The van der Waals surface area contributed by atoms with E-state index in [1.807, 2.05) is 72.8 Å². The maximum absolute atomic E-state index is 14.6. The average molecular weight is 1890 g/mol.